The summed E-state index contributed by atoms with van der Waals surface area (Å²) in [7, 11) is 0. The van der Waals surface area contributed by atoms with Crippen LogP contribution in [-0.2, 0) is 6.42 Å². The van der Waals surface area contributed by atoms with Gasteiger partial charge in [-0.05, 0) is 48.2 Å². The second-order valence-electron chi connectivity index (χ2n) is 9.01. The molecule has 4 rings (SSSR count). The van der Waals surface area contributed by atoms with Crippen LogP contribution in [0.3, 0.4) is 0 Å². The SMILES string of the molecule is C=C/C=C\C(=C/Cc1ccccc1Cl)C(c1cccc(C)c1)N1CCN(c2cccc(Cl)c2Cl)CC1. The second kappa shape index (κ2) is 12.7. The fourth-order valence-corrected chi connectivity index (χ4v) is 5.38. The number of anilines is 1. The summed E-state index contributed by atoms with van der Waals surface area (Å²) in [4.78, 5) is 4.88. The van der Waals surface area contributed by atoms with E-state index < -0.39 is 0 Å². The van der Waals surface area contributed by atoms with Gasteiger partial charge in [0.15, 0.2) is 0 Å². The minimum Gasteiger partial charge on any atom is -0.368 e. The van der Waals surface area contributed by atoms with E-state index in [1.165, 1.54) is 16.7 Å². The zero-order valence-corrected chi connectivity index (χ0v) is 22.8. The molecule has 3 aromatic rings. The average molecular weight is 538 g/mol. The minimum absolute atomic E-state index is 0.112. The number of nitrogens with zero attached hydrogens (tertiary/aromatic N) is 2. The number of rotatable bonds is 8. The smallest absolute Gasteiger partial charge is 0.0825 e. The standard InChI is InChI=1S/C31H31Cl3N2/c1-3-4-10-25(17-16-24-11-5-6-13-27(24)32)31(26-12-7-9-23(2)22-26)36-20-18-35(19-21-36)29-15-8-14-28(33)30(29)34/h3-15,17,22,31H,1,16,18-21H2,2H3/b10-4-,25-17+. The Bertz CT molecular complexity index is 1260. The Balaban J connectivity index is 1.65. The van der Waals surface area contributed by atoms with Crippen molar-refractivity contribution in [2.45, 2.75) is 19.4 Å². The Morgan fingerprint density at radius 3 is 2.36 bits per heavy atom. The number of allylic oxidation sites excluding steroid dienone is 3. The van der Waals surface area contributed by atoms with E-state index >= 15 is 0 Å². The summed E-state index contributed by atoms with van der Waals surface area (Å²) in [5, 5.41) is 2.01. The van der Waals surface area contributed by atoms with Gasteiger partial charge in [-0.2, -0.15) is 0 Å². The maximum Gasteiger partial charge on any atom is 0.0825 e. The summed E-state index contributed by atoms with van der Waals surface area (Å²) in [6.07, 6.45) is 9.08. The summed E-state index contributed by atoms with van der Waals surface area (Å²) in [5.74, 6) is 0. The van der Waals surface area contributed by atoms with Gasteiger partial charge in [0, 0.05) is 31.2 Å². The second-order valence-corrected chi connectivity index (χ2v) is 10.2. The maximum atomic E-state index is 6.53. The first kappa shape index (κ1) is 26.6. The number of benzene rings is 3. The van der Waals surface area contributed by atoms with Gasteiger partial charge in [0.1, 0.15) is 0 Å². The van der Waals surface area contributed by atoms with Crippen LogP contribution in [-0.4, -0.2) is 31.1 Å². The number of hydrogen-bond acceptors (Lipinski definition) is 2. The summed E-state index contributed by atoms with van der Waals surface area (Å²) >= 11 is 19.3. The zero-order chi connectivity index (χ0) is 25.5. The highest BCUT2D eigenvalue weighted by molar-refractivity contribution is 6.43. The molecular weight excluding hydrogens is 507 g/mol. The van der Waals surface area contributed by atoms with E-state index in [0.29, 0.717) is 10.0 Å². The third-order valence-corrected chi connectivity index (χ3v) is 7.74. The quantitative estimate of drug-likeness (QED) is 0.265. The van der Waals surface area contributed by atoms with Crippen LogP contribution in [0.25, 0.3) is 0 Å². The Kier molecular flexibility index (Phi) is 9.34. The topological polar surface area (TPSA) is 6.48 Å². The van der Waals surface area contributed by atoms with Gasteiger partial charge in [0.05, 0.1) is 21.8 Å². The van der Waals surface area contributed by atoms with Crippen molar-refractivity contribution >= 4 is 40.5 Å². The van der Waals surface area contributed by atoms with Gasteiger partial charge in [0.25, 0.3) is 0 Å². The Labute approximate surface area is 230 Å². The molecular formula is C31H31Cl3N2. The van der Waals surface area contributed by atoms with Gasteiger partial charge >= 0.3 is 0 Å². The largest absolute Gasteiger partial charge is 0.368 e. The lowest BCUT2D eigenvalue weighted by Gasteiger charge is -2.41. The van der Waals surface area contributed by atoms with Crippen molar-refractivity contribution in [1.82, 2.24) is 4.90 Å². The van der Waals surface area contributed by atoms with Crippen LogP contribution in [0.1, 0.15) is 22.7 Å². The van der Waals surface area contributed by atoms with Gasteiger partial charge in [-0.25, -0.2) is 0 Å². The first-order valence-corrected chi connectivity index (χ1v) is 13.3. The van der Waals surface area contributed by atoms with Gasteiger partial charge in [-0.15, -0.1) is 0 Å². The Hall–Kier alpha value is -2.49. The van der Waals surface area contributed by atoms with Crippen molar-refractivity contribution in [3.8, 4) is 0 Å². The van der Waals surface area contributed by atoms with E-state index in [0.717, 1.165) is 48.9 Å². The van der Waals surface area contributed by atoms with Crippen molar-refractivity contribution in [3.05, 3.63) is 135 Å². The lowest BCUT2D eigenvalue weighted by molar-refractivity contribution is 0.211. The molecule has 0 bridgehead atoms. The van der Waals surface area contributed by atoms with Crippen molar-refractivity contribution in [2.24, 2.45) is 0 Å². The summed E-state index contributed by atoms with van der Waals surface area (Å²) in [5.41, 5.74) is 5.88. The minimum atomic E-state index is 0.112. The fraction of sp³-hybridized carbons (Fsp3) is 0.226. The number of hydrogen-bond donors (Lipinski definition) is 0. The normalized spacial score (nSPS) is 15.9. The molecule has 0 spiro atoms. The summed E-state index contributed by atoms with van der Waals surface area (Å²) in [6, 6.07) is 22.8. The molecule has 186 valence electrons. The maximum absolute atomic E-state index is 6.53. The molecule has 0 N–H and O–H groups in total. The molecule has 36 heavy (non-hydrogen) atoms. The highest BCUT2D eigenvalue weighted by Crippen LogP contribution is 2.36. The Morgan fingerprint density at radius 2 is 1.64 bits per heavy atom. The number of aryl methyl sites for hydroxylation is 1. The predicted molar refractivity (Wildman–Crippen MR) is 157 cm³/mol. The molecule has 1 aliphatic heterocycles. The van der Waals surface area contributed by atoms with Gasteiger partial charge < -0.3 is 4.90 Å². The molecule has 1 saturated heterocycles. The lowest BCUT2D eigenvalue weighted by atomic mass is 9.93. The van der Waals surface area contributed by atoms with Crippen LogP contribution >= 0.6 is 34.8 Å². The molecule has 0 saturated carbocycles. The van der Waals surface area contributed by atoms with E-state index in [1.807, 2.05) is 48.6 Å². The Morgan fingerprint density at radius 1 is 0.917 bits per heavy atom. The van der Waals surface area contributed by atoms with Crippen LogP contribution < -0.4 is 4.90 Å². The van der Waals surface area contributed by atoms with E-state index in [2.05, 4.69) is 65.8 Å². The molecule has 1 heterocycles. The first-order chi connectivity index (χ1) is 17.5. The summed E-state index contributed by atoms with van der Waals surface area (Å²) in [6.45, 7) is 9.57. The van der Waals surface area contributed by atoms with Crippen LogP contribution in [0, 0.1) is 6.92 Å². The van der Waals surface area contributed by atoms with Crippen molar-refractivity contribution < 1.29 is 0 Å². The predicted octanol–water partition coefficient (Wildman–Crippen LogP) is 8.73. The highest BCUT2D eigenvalue weighted by atomic mass is 35.5. The molecule has 1 aliphatic rings. The van der Waals surface area contributed by atoms with Crippen molar-refractivity contribution in [1.29, 1.82) is 0 Å². The van der Waals surface area contributed by atoms with E-state index in [-0.39, 0.29) is 6.04 Å². The number of piperazine rings is 1. The third kappa shape index (κ3) is 6.44. The van der Waals surface area contributed by atoms with Gasteiger partial charge in [0.2, 0.25) is 0 Å². The zero-order valence-electron chi connectivity index (χ0n) is 20.5. The van der Waals surface area contributed by atoms with E-state index in [1.54, 1.807) is 0 Å². The fourth-order valence-electron chi connectivity index (χ4n) is 4.75. The lowest BCUT2D eigenvalue weighted by Crippen LogP contribution is -2.48. The number of halogens is 3. The molecule has 3 aromatic carbocycles. The van der Waals surface area contributed by atoms with Crippen LogP contribution in [0.5, 0.6) is 0 Å². The van der Waals surface area contributed by atoms with Gasteiger partial charge in [-0.1, -0.05) is 120 Å². The van der Waals surface area contributed by atoms with Gasteiger partial charge in [-0.3, -0.25) is 4.90 Å². The molecule has 0 aliphatic carbocycles. The summed E-state index contributed by atoms with van der Waals surface area (Å²) < 4.78 is 0. The molecule has 1 atom stereocenters. The molecule has 5 heteroatoms. The first-order valence-electron chi connectivity index (χ1n) is 12.2. The van der Waals surface area contributed by atoms with Crippen LogP contribution in [0.4, 0.5) is 5.69 Å². The molecule has 0 amide bonds. The van der Waals surface area contributed by atoms with Crippen LogP contribution in [0.15, 0.2) is 103 Å². The van der Waals surface area contributed by atoms with Crippen LogP contribution in [0.2, 0.25) is 15.1 Å². The van der Waals surface area contributed by atoms with E-state index in [9.17, 15) is 0 Å². The monoisotopic (exact) mass is 536 g/mol. The highest BCUT2D eigenvalue weighted by Gasteiger charge is 2.28. The third-order valence-electron chi connectivity index (χ3n) is 6.57. The molecule has 1 unspecified atom stereocenters. The molecule has 0 aromatic heterocycles. The van der Waals surface area contributed by atoms with Crippen molar-refractivity contribution in [2.75, 3.05) is 31.1 Å². The molecule has 0 radical (unpaired) electrons. The molecule has 2 nitrogen and oxygen atoms in total. The van der Waals surface area contributed by atoms with E-state index in [4.69, 9.17) is 34.8 Å². The average Bonchev–Trinajstić information content (AvgIpc) is 2.88. The molecule has 1 fully saturated rings. The van der Waals surface area contributed by atoms with Crippen molar-refractivity contribution in [3.63, 3.8) is 0 Å².